The lowest BCUT2D eigenvalue weighted by Crippen LogP contribution is -2.40. The number of aromatic nitrogens is 1. The van der Waals surface area contributed by atoms with Crippen LogP contribution in [0.3, 0.4) is 0 Å². The van der Waals surface area contributed by atoms with Crippen molar-refractivity contribution in [2.24, 2.45) is 5.92 Å². The largest absolute Gasteiger partial charge is 0.446 e. The molecule has 6 nitrogen and oxygen atoms in total. The minimum atomic E-state index is -4.45. The van der Waals surface area contributed by atoms with E-state index < -0.39 is 17.8 Å². The topological polar surface area (TPSA) is 66.5 Å². The van der Waals surface area contributed by atoms with E-state index in [2.05, 4.69) is 15.6 Å². The van der Waals surface area contributed by atoms with Gasteiger partial charge in [-0.15, -0.1) is 11.3 Å². The average Bonchev–Trinajstić information content (AvgIpc) is 3.50. The van der Waals surface area contributed by atoms with Crippen LogP contribution in [-0.4, -0.2) is 43.9 Å². The summed E-state index contributed by atoms with van der Waals surface area (Å²) in [5.74, 6) is 0.901. The Morgan fingerprint density at radius 1 is 1.29 bits per heavy atom. The number of rotatable bonds is 6. The third-order valence-electron chi connectivity index (χ3n) is 5.86. The van der Waals surface area contributed by atoms with Gasteiger partial charge in [0, 0.05) is 49.5 Å². The first-order chi connectivity index (χ1) is 14.8. The number of piperidine rings is 1. The van der Waals surface area contributed by atoms with Gasteiger partial charge in [-0.05, 0) is 38.8 Å². The summed E-state index contributed by atoms with van der Waals surface area (Å²) in [6, 6.07) is 1.16. The van der Waals surface area contributed by atoms with Gasteiger partial charge in [-0.3, -0.25) is 0 Å². The highest BCUT2D eigenvalue weighted by Crippen LogP contribution is 2.42. The molecule has 0 atom stereocenters. The van der Waals surface area contributed by atoms with Crippen LogP contribution in [0.1, 0.15) is 41.7 Å². The van der Waals surface area contributed by atoms with Crippen molar-refractivity contribution < 1.29 is 22.7 Å². The fraction of sp³-hybridized carbons (Fsp3) is 0.619. The van der Waals surface area contributed by atoms with Crippen LogP contribution in [0.15, 0.2) is 6.07 Å². The minimum Gasteiger partial charge on any atom is -0.446 e. The zero-order valence-electron chi connectivity index (χ0n) is 17.6. The van der Waals surface area contributed by atoms with Gasteiger partial charge in [0.05, 0.1) is 15.8 Å². The molecule has 1 aliphatic heterocycles. The molecule has 2 N–H and O–H groups in total. The molecule has 1 amide bonds. The maximum Gasteiger partial charge on any atom is 0.417 e. The Kier molecular flexibility index (Phi) is 6.30. The second kappa shape index (κ2) is 8.82. The molecule has 2 fully saturated rings. The molecule has 0 radical (unpaired) electrons. The zero-order chi connectivity index (χ0) is 22.2. The standard InChI is InChI=1S/C21H27F3N4O2S/c1-12-15(11-25-2)18-19(31-12)16(21(22,23)24)9-17(27-18)28-7-5-14(6-8-28)30-20(29)26-10-13-3-4-13/h9,13-14,25H,3-8,10-11H2,1-2H3,(H,26,29). The number of thiophene rings is 1. The van der Waals surface area contributed by atoms with Crippen molar-refractivity contribution in [3.05, 3.63) is 22.1 Å². The molecule has 170 valence electrons. The smallest absolute Gasteiger partial charge is 0.417 e. The third kappa shape index (κ3) is 5.06. The molecule has 2 aromatic heterocycles. The van der Waals surface area contributed by atoms with Crippen molar-refractivity contribution in [3.8, 4) is 0 Å². The van der Waals surface area contributed by atoms with Gasteiger partial charge in [0.15, 0.2) is 0 Å². The van der Waals surface area contributed by atoms with Gasteiger partial charge in [-0.1, -0.05) is 0 Å². The van der Waals surface area contributed by atoms with Crippen LogP contribution >= 0.6 is 11.3 Å². The van der Waals surface area contributed by atoms with E-state index in [9.17, 15) is 18.0 Å². The summed E-state index contributed by atoms with van der Waals surface area (Å²) in [6.45, 7) is 3.92. The number of aryl methyl sites for hydroxylation is 1. The normalized spacial score (nSPS) is 17.9. The van der Waals surface area contributed by atoms with Gasteiger partial charge in [-0.2, -0.15) is 13.2 Å². The van der Waals surface area contributed by atoms with E-state index in [4.69, 9.17) is 4.74 Å². The van der Waals surface area contributed by atoms with Crippen molar-refractivity contribution in [3.63, 3.8) is 0 Å². The summed E-state index contributed by atoms with van der Waals surface area (Å²) in [6.07, 6.45) is -1.68. The lowest BCUT2D eigenvalue weighted by molar-refractivity contribution is -0.136. The van der Waals surface area contributed by atoms with Crippen molar-refractivity contribution >= 4 is 33.5 Å². The number of amides is 1. The SMILES string of the molecule is CNCc1c(C)sc2c(C(F)(F)F)cc(N3CCC(OC(=O)NCC4CC4)CC3)nc12. The molecular formula is C21H27F3N4O2S. The van der Waals surface area contributed by atoms with E-state index in [-0.39, 0.29) is 10.8 Å². The number of alkyl carbamates (subject to hydrolysis) is 1. The van der Waals surface area contributed by atoms with Crippen molar-refractivity contribution in [1.29, 1.82) is 0 Å². The van der Waals surface area contributed by atoms with Crippen molar-refractivity contribution in [2.75, 3.05) is 31.6 Å². The number of carbonyl (C=O) groups is 1. The summed E-state index contributed by atoms with van der Waals surface area (Å²) >= 11 is 1.14. The highest BCUT2D eigenvalue weighted by Gasteiger charge is 2.36. The van der Waals surface area contributed by atoms with Crippen LogP contribution in [0.4, 0.5) is 23.8 Å². The summed E-state index contributed by atoms with van der Waals surface area (Å²) < 4.78 is 47.1. The minimum absolute atomic E-state index is 0.185. The quantitative estimate of drug-likeness (QED) is 0.673. The van der Waals surface area contributed by atoms with E-state index in [1.54, 1.807) is 7.05 Å². The second-order valence-electron chi connectivity index (χ2n) is 8.29. The van der Waals surface area contributed by atoms with E-state index in [0.29, 0.717) is 56.3 Å². The predicted octanol–water partition coefficient (Wildman–Crippen LogP) is 4.45. The molecule has 3 heterocycles. The van der Waals surface area contributed by atoms with E-state index in [1.807, 2.05) is 11.8 Å². The van der Waals surface area contributed by atoms with Crippen LogP contribution in [-0.2, 0) is 17.5 Å². The molecule has 31 heavy (non-hydrogen) atoms. The van der Waals surface area contributed by atoms with Gasteiger partial charge in [0.1, 0.15) is 11.9 Å². The monoisotopic (exact) mass is 456 g/mol. The van der Waals surface area contributed by atoms with E-state index in [1.165, 1.54) is 0 Å². The first-order valence-electron chi connectivity index (χ1n) is 10.6. The van der Waals surface area contributed by atoms with Crippen molar-refractivity contribution in [1.82, 2.24) is 15.6 Å². The van der Waals surface area contributed by atoms with Gasteiger partial charge in [-0.25, -0.2) is 9.78 Å². The highest BCUT2D eigenvalue weighted by molar-refractivity contribution is 7.19. The molecule has 2 aliphatic rings. The molecule has 0 bridgehead atoms. The molecule has 1 saturated carbocycles. The Morgan fingerprint density at radius 3 is 2.61 bits per heavy atom. The highest BCUT2D eigenvalue weighted by atomic mass is 32.1. The number of nitrogens with one attached hydrogen (secondary N) is 2. The average molecular weight is 457 g/mol. The van der Waals surface area contributed by atoms with Crippen molar-refractivity contribution in [2.45, 2.75) is 51.4 Å². The number of anilines is 1. The van der Waals surface area contributed by atoms with Crippen LogP contribution in [0.5, 0.6) is 0 Å². The van der Waals surface area contributed by atoms with E-state index in [0.717, 1.165) is 40.7 Å². The molecule has 4 rings (SSSR count). The number of pyridine rings is 1. The molecule has 0 aromatic carbocycles. The zero-order valence-corrected chi connectivity index (χ0v) is 18.5. The summed E-state index contributed by atoms with van der Waals surface area (Å²) in [4.78, 5) is 19.2. The second-order valence-corrected chi connectivity index (χ2v) is 9.51. The number of alkyl halides is 3. The fourth-order valence-corrected chi connectivity index (χ4v) is 5.06. The predicted molar refractivity (Wildman–Crippen MR) is 115 cm³/mol. The van der Waals surface area contributed by atoms with E-state index >= 15 is 0 Å². The summed E-state index contributed by atoms with van der Waals surface area (Å²) in [7, 11) is 1.77. The number of hydrogen-bond donors (Lipinski definition) is 2. The number of carbonyl (C=O) groups excluding carboxylic acids is 1. The Morgan fingerprint density at radius 2 is 2.00 bits per heavy atom. The molecule has 2 aromatic rings. The maximum absolute atomic E-state index is 13.8. The van der Waals surface area contributed by atoms with Gasteiger partial charge >= 0.3 is 12.3 Å². The molecule has 10 heteroatoms. The fourth-order valence-electron chi connectivity index (χ4n) is 3.91. The lowest BCUT2D eigenvalue weighted by atomic mass is 10.1. The Hall–Kier alpha value is -2.07. The Labute approximate surface area is 183 Å². The number of fused-ring (bicyclic) bond motifs is 1. The summed E-state index contributed by atoms with van der Waals surface area (Å²) in [5.41, 5.74) is 0.584. The van der Waals surface area contributed by atoms with Gasteiger partial charge in [0.2, 0.25) is 0 Å². The Bertz CT molecular complexity index is 950. The van der Waals surface area contributed by atoms with Gasteiger partial charge in [0.25, 0.3) is 0 Å². The van der Waals surface area contributed by atoms with Crippen LogP contribution in [0.2, 0.25) is 0 Å². The molecule has 1 aliphatic carbocycles. The number of ether oxygens (including phenoxy) is 1. The van der Waals surface area contributed by atoms with Crippen LogP contribution in [0, 0.1) is 12.8 Å². The number of hydrogen-bond acceptors (Lipinski definition) is 6. The molecule has 1 saturated heterocycles. The van der Waals surface area contributed by atoms with Gasteiger partial charge < -0.3 is 20.3 Å². The third-order valence-corrected chi connectivity index (χ3v) is 7.03. The number of nitrogens with zero attached hydrogens (tertiary/aromatic N) is 2. The molecule has 0 unspecified atom stereocenters. The van der Waals surface area contributed by atoms with Crippen LogP contribution in [0.25, 0.3) is 10.2 Å². The lowest BCUT2D eigenvalue weighted by Gasteiger charge is -2.32. The molecular weight excluding hydrogens is 429 g/mol. The first kappa shape index (κ1) is 22.1. The number of halogens is 3. The summed E-state index contributed by atoms with van der Waals surface area (Å²) in [5, 5.41) is 5.81. The van der Waals surface area contributed by atoms with Crippen LogP contribution < -0.4 is 15.5 Å². The maximum atomic E-state index is 13.8. The molecule has 0 spiro atoms. The Balaban J connectivity index is 1.50. The first-order valence-corrected chi connectivity index (χ1v) is 11.4.